The van der Waals surface area contributed by atoms with Crippen LogP contribution in [0.2, 0.25) is 0 Å². The number of nitrogens with two attached hydrogens (primary N) is 1. The van der Waals surface area contributed by atoms with E-state index in [0.717, 1.165) is 22.0 Å². The molecule has 2 rings (SSSR count). The molecule has 0 fully saturated rings. The number of aliphatic carboxylic acids is 2. The van der Waals surface area contributed by atoms with Gasteiger partial charge in [-0.1, -0.05) is 18.7 Å². The summed E-state index contributed by atoms with van der Waals surface area (Å²) in [5.74, 6) is -4.31. The Morgan fingerprint density at radius 2 is 1.67 bits per heavy atom. The van der Waals surface area contributed by atoms with Gasteiger partial charge >= 0.3 is 11.9 Å². The molecule has 15 nitrogen and oxygen atoms in total. The number of benzene rings is 1. The lowest BCUT2D eigenvalue weighted by atomic mass is 9.90. The predicted octanol–water partition coefficient (Wildman–Crippen LogP) is 1.29. The molecular formula is C36H55N7O8. The molecule has 1 heterocycles. The Kier molecular flexibility index (Phi) is 19.2. The van der Waals surface area contributed by atoms with Crippen molar-refractivity contribution in [3.63, 3.8) is 0 Å². The molecule has 0 aliphatic rings. The number of hydrogen-bond donors (Lipinski definition) is 9. The number of allylic oxidation sites excluding steroid dienone is 1. The number of nitrogens with one attached hydrogen (secondary N) is 6. The molecule has 0 aliphatic carbocycles. The number of aromatic nitrogens is 1. The van der Waals surface area contributed by atoms with Gasteiger partial charge in [-0.05, 0) is 76.2 Å². The van der Waals surface area contributed by atoms with Gasteiger partial charge in [-0.25, -0.2) is 4.79 Å². The number of carbonyl (C=O) groups excluding carboxylic acids is 4. The lowest BCUT2D eigenvalue weighted by Crippen LogP contribution is -2.45. The van der Waals surface area contributed by atoms with Crippen molar-refractivity contribution in [2.24, 2.45) is 11.7 Å². The minimum atomic E-state index is -1.29. The third-order valence-electron chi connectivity index (χ3n) is 8.30. The van der Waals surface area contributed by atoms with Crippen molar-refractivity contribution in [2.75, 3.05) is 39.3 Å². The van der Waals surface area contributed by atoms with Gasteiger partial charge in [0.25, 0.3) is 0 Å². The standard InChI is InChI=1S/C36H55N7O8/c1-23(2)41-22-27(44)6-5-14-39-29(11-15-38-17-13-37)32(45)20-25(19-26-21-42-31-18-24(3)9-10-28(26)31)35(49)40-16-12-30(36(50)51)43-33(46)7-4-8-34(47)48/h9-10,18,21,25,29-30,38-39,41-42H,1,4-8,11-17,19-20,22,37H2,2-3H3,(H,40,49)(H,43,46)(H,47,48)(H,50,51)/t25-,29-,30+/m0/s1. The third kappa shape index (κ3) is 16.8. The molecule has 0 spiro atoms. The molecule has 1 aromatic carbocycles. The number of amides is 2. The molecule has 51 heavy (non-hydrogen) atoms. The first-order valence-electron chi connectivity index (χ1n) is 17.5. The number of H-pyrrole nitrogens is 1. The fourth-order valence-electron chi connectivity index (χ4n) is 5.54. The summed E-state index contributed by atoms with van der Waals surface area (Å²) in [5, 5.41) is 33.9. The minimum Gasteiger partial charge on any atom is -0.481 e. The number of aryl methyl sites for hydroxylation is 1. The van der Waals surface area contributed by atoms with Crippen LogP contribution >= 0.6 is 0 Å². The Morgan fingerprint density at radius 3 is 2.35 bits per heavy atom. The van der Waals surface area contributed by atoms with Crippen LogP contribution in [-0.4, -0.2) is 102 Å². The molecule has 2 amide bonds. The van der Waals surface area contributed by atoms with Gasteiger partial charge in [0, 0.05) is 74.0 Å². The Hall–Kier alpha value is -4.60. The lowest BCUT2D eigenvalue weighted by Gasteiger charge is -2.22. The second-order valence-corrected chi connectivity index (χ2v) is 12.8. The fourth-order valence-corrected chi connectivity index (χ4v) is 5.54. The molecule has 0 aliphatic heterocycles. The lowest BCUT2D eigenvalue weighted by molar-refractivity contribution is -0.142. The Morgan fingerprint density at radius 1 is 0.922 bits per heavy atom. The predicted molar refractivity (Wildman–Crippen MR) is 194 cm³/mol. The number of rotatable bonds is 28. The first kappa shape index (κ1) is 42.6. The number of fused-ring (bicyclic) bond motifs is 1. The molecule has 0 unspecified atom stereocenters. The van der Waals surface area contributed by atoms with E-state index in [2.05, 4.69) is 38.1 Å². The highest BCUT2D eigenvalue weighted by Gasteiger charge is 2.28. The first-order valence-corrected chi connectivity index (χ1v) is 17.5. The zero-order chi connectivity index (χ0) is 37.8. The minimum absolute atomic E-state index is 0.0286. The Labute approximate surface area is 298 Å². The van der Waals surface area contributed by atoms with Gasteiger partial charge < -0.3 is 47.5 Å². The van der Waals surface area contributed by atoms with Crippen LogP contribution in [0.5, 0.6) is 0 Å². The van der Waals surface area contributed by atoms with Crippen molar-refractivity contribution >= 4 is 46.2 Å². The third-order valence-corrected chi connectivity index (χ3v) is 8.30. The van der Waals surface area contributed by atoms with Crippen molar-refractivity contribution in [3.8, 4) is 0 Å². The van der Waals surface area contributed by atoms with Gasteiger partial charge in [0.15, 0.2) is 11.6 Å². The van der Waals surface area contributed by atoms with Gasteiger partial charge in [0.05, 0.1) is 12.6 Å². The monoisotopic (exact) mass is 713 g/mol. The van der Waals surface area contributed by atoms with Gasteiger partial charge in [-0.15, -0.1) is 0 Å². The molecule has 15 heteroatoms. The number of ketones is 2. The summed E-state index contributed by atoms with van der Waals surface area (Å²) in [5.41, 5.74) is 9.13. The number of carboxylic acid groups (broad SMARTS) is 2. The van der Waals surface area contributed by atoms with E-state index in [1.54, 1.807) is 6.92 Å². The van der Waals surface area contributed by atoms with Crippen molar-refractivity contribution in [3.05, 3.63) is 47.8 Å². The normalized spacial score (nSPS) is 12.8. The summed E-state index contributed by atoms with van der Waals surface area (Å²) in [6, 6.07) is 4.04. The SMILES string of the molecule is C=C(C)NCC(=O)CCCN[C@@H](CCNCCN)C(=O)C[C@H](Cc1c[nH]c2cc(C)ccc12)C(=O)NCC[C@@H](NC(=O)CCCC(=O)O)C(=O)O. The van der Waals surface area contributed by atoms with Crippen LogP contribution in [0.3, 0.4) is 0 Å². The average molecular weight is 714 g/mol. The van der Waals surface area contributed by atoms with Crippen LogP contribution in [0.1, 0.15) is 69.4 Å². The zero-order valence-electron chi connectivity index (χ0n) is 29.8. The fraction of sp³-hybridized carbons (Fsp3) is 0.556. The van der Waals surface area contributed by atoms with Crippen molar-refractivity contribution in [1.82, 2.24) is 31.6 Å². The van der Waals surface area contributed by atoms with E-state index in [1.807, 2.05) is 31.3 Å². The summed E-state index contributed by atoms with van der Waals surface area (Å²) >= 11 is 0. The van der Waals surface area contributed by atoms with Crippen LogP contribution < -0.4 is 32.3 Å². The number of aromatic amines is 1. The molecule has 1 aromatic heterocycles. The van der Waals surface area contributed by atoms with E-state index in [9.17, 15) is 33.9 Å². The van der Waals surface area contributed by atoms with E-state index in [0.29, 0.717) is 51.1 Å². The van der Waals surface area contributed by atoms with Crippen molar-refractivity contribution < 1.29 is 39.0 Å². The quantitative estimate of drug-likeness (QED) is 0.0567. The topological polar surface area (TPSA) is 245 Å². The van der Waals surface area contributed by atoms with Gasteiger partial charge in [-0.2, -0.15) is 0 Å². The number of carbonyl (C=O) groups is 6. The van der Waals surface area contributed by atoms with E-state index < -0.39 is 41.8 Å². The smallest absolute Gasteiger partial charge is 0.326 e. The van der Waals surface area contributed by atoms with Crippen LogP contribution in [-0.2, 0) is 35.2 Å². The summed E-state index contributed by atoms with van der Waals surface area (Å²) in [6.45, 7) is 9.54. The van der Waals surface area contributed by atoms with E-state index in [1.165, 1.54) is 0 Å². The number of hydrogen-bond acceptors (Lipinski definition) is 10. The molecular weight excluding hydrogens is 658 g/mol. The maximum Gasteiger partial charge on any atom is 0.326 e. The zero-order valence-corrected chi connectivity index (χ0v) is 29.8. The summed E-state index contributed by atoms with van der Waals surface area (Å²) < 4.78 is 0. The molecule has 0 bridgehead atoms. The van der Waals surface area contributed by atoms with Gasteiger partial charge in [0.1, 0.15) is 6.04 Å². The van der Waals surface area contributed by atoms with Gasteiger partial charge in [0.2, 0.25) is 11.8 Å². The Bertz CT molecular complexity index is 1490. The molecule has 282 valence electrons. The summed E-state index contributed by atoms with van der Waals surface area (Å²) in [6.07, 6.45) is 2.85. The van der Waals surface area contributed by atoms with Crippen LogP contribution in [0, 0.1) is 12.8 Å². The highest BCUT2D eigenvalue weighted by Crippen LogP contribution is 2.24. The first-order chi connectivity index (χ1) is 24.3. The van der Waals surface area contributed by atoms with Crippen LogP contribution in [0.15, 0.2) is 36.7 Å². The maximum absolute atomic E-state index is 13.8. The number of carboxylic acids is 2. The average Bonchev–Trinajstić information content (AvgIpc) is 3.46. The molecule has 0 radical (unpaired) electrons. The second-order valence-electron chi connectivity index (χ2n) is 12.8. The molecule has 10 N–H and O–H groups in total. The maximum atomic E-state index is 13.8. The highest BCUT2D eigenvalue weighted by atomic mass is 16.4. The summed E-state index contributed by atoms with van der Waals surface area (Å²) in [7, 11) is 0. The molecule has 2 aromatic rings. The van der Waals surface area contributed by atoms with Gasteiger partial charge in [-0.3, -0.25) is 24.0 Å². The highest BCUT2D eigenvalue weighted by molar-refractivity contribution is 5.91. The van der Waals surface area contributed by atoms with E-state index in [-0.39, 0.29) is 63.2 Å². The molecule has 3 atom stereocenters. The molecule has 0 saturated heterocycles. The summed E-state index contributed by atoms with van der Waals surface area (Å²) in [4.78, 5) is 77.7. The van der Waals surface area contributed by atoms with Crippen molar-refractivity contribution in [2.45, 2.75) is 83.7 Å². The number of Topliss-reactive ketones (excluding diaryl/α,β-unsaturated/α-hetero) is 2. The van der Waals surface area contributed by atoms with Crippen molar-refractivity contribution in [1.29, 1.82) is 0 Å². The largest absolute Gasteiger partial charge is 0.481 e. The second kappa shape index (κ2) is 23.0. The molecule has 0 saturated carbocycles. The van der Waals surface area contributed by atoms with E-state index in [4.69, 9.17) is 10.8 Å². The Balaban J connectivity index is 2.15. The van der Waals surface area contributed by atoms with Crippen LogP contribution in [0.4, 0.5) is 0 Å². The van der Waals surface area contributed by atoms with Crippen LogP contribution in [0.25, 0.3) is 10.9 Å². The van der Waals surface area contributed by atoms with E-state index >= 15 is 0 Å².